The molecule has 1 rings (SSSR count). The average molecular weight is 199 g/mol. The summed E-state index contributed by atoms with van der Waals surface area (Å²) >= 11 is 5.26. The van der Waals surface area contributed by atoms with E-state index in [1.54, 1.807) is 0 Å². The summed E-state index contributed by atoms with van der Waals surface area (Å²) in [4.78, 5) is 0. The minimum atomic E-state index is -4.66. The predicted molar refractivity (Wildman–Crippen MR) is 36.4 cm³/mol. The summed E-state index contributed by atoms with van der Waals surface area (Å²) in [6, 6.07) is 2.23. The van der Waals surface area contributed by atoms with Crippen LogP contribution in [0.15, 0.2) is 18.2 Å². The number of hydrogen-bond acceptors (Lipinski definition) is 0. The topological polar surface area (TPSA) is 0 Å². The Hall–Kier alpha value is -0.770. The molecule has 5 heteroatoms. The third-order valence-corrected chi connectivity index (χ3v) is 1.47. The highest BCUT2D eigenvalue weighted by atomic mass is 35.5. The van der Waals surface area contributed by atoms with Crippen LogP contribution in [0.25, 0.3) is 0 Å². The van der Waals surface area contributed by atoms with Crippen molar-refractivity contribution in [1.82, 2.24) is 0 Å². The van der Waals surface area contributed by atoms with Crippen molar-refractivity contribution < 1.29 is 17.6 Å². The van der Waals surface area contributed by atoms with Crippen molar-refractivity contribution in [3.8, 4) is 0 Å². The fourth-order valence-corrected chi connectivity index (χ4v) is 0.878. The molecule has 0 saturated carbocycles. The van der Waals surface area contributed by atoms with E-state index in [1.807, 2.05) is 0 Å². The molecule has 0 saturated heterocycles. The maximum atomic E-state index is 12.5. The van der Waals surface area contributed by atoms with Crippen LogP contribution in [0.1, 0.15) is 5.56 Å². The van der Waals surface area contributed by atoms with Crippen molar-refractivity contribution >= 4 is 11.6 Å². The Kier molecular flexibility index (Phi) is 2.28. The zero-order valence-electron chi connectivity index (χ0n) is 5.62. The van der Waals surface area contributed by atoms with Gasteiger partial charge in [0.15, 0.2) is 0 Å². The molecular formula is C7H3ClF4. The van der Waals surface area contributed by atoms with E-state index in [-0.39, 0.29) is 5.02 Å². The van der Waals surface area contributed by atoms with E-state index in [9.17, 15) is 17.6 Å². The zero-order valence-corrected chi connectivity index (χ0v) is 6.38. The van der Waals surface area contributed by atoms with Gasteiger partial charge in [-0.15, -0.1) is 0 Å². The van der Waals surface area contributed by atoms with Crippen LogP contribution in [0.4, 0.5) is 17.6 Å². The predicted octanol–water partition coefficient (Wildman–Crippen LogP) is 3.50. The number of halogens is 5. The Morgan fingerprint density at radius 2 is 1.75 bits per heavy atom. The first-order valence-corrected chi connectivity index (χ1v) is 3.31. The fraction of sp³-hybridized carbons (Fsp3) is 0.143. The van der Waals surface area contributed by atoms with Crippen LogP contribution in [0.2, 0.25) is 5.02 Å². The smallest absolute Gasteiger partial charge is 0.206 e. The average Bonchev–Trinajstić information content (AvgIpc) is 1.83. The van der Waals surface area contributed by atoms with Gasteiger partial charge in [0.1, 0.15) is 5.82 Å². The molecule has 0 amide bonds. The molecule has 1 aromatic rings. The van der Waals surface area contributed by atoms with E-state index in [0.29, 0.717) is 12.1 Å². The first kappa shape index (κ1) is 9.32. The quantitative estimate of drug-likeness (QED) is 0.560. The molecule has 0 aromatic heterocycles. The van der Waals surface area contributed by atoms with Crippen LogP contribution in [-0.2, 0) is 6.18 Å². The molecule has 0 bridgehead atoms. The van der Waals surface area contributed by atoms with Gasteiger partial charge in [0.2, 0.25) is 0 Å². The summed E-state index contributed by atoms with van der Waals surface area (Å²) in [6.45, 7) is 0. The molecule has 0 spiro atoms. The lowest BCUT2D eigenvalue weighted by molar-refractivity contribution is -0.139. The first-order valence-electron chi connectivity index (χ1n) is 2.93. The molecular weight excluding hydrogens is 196 g/mol. The summed E-state index contributed by atoms with van der Waals surface area (Å²) in [5.74, 6) is -1.35. The summed E-state index contributed by atoms with van der Waals surface area (Å²) in [5, 5.41) is -0.0551. The highest BCUT2D eigenvalue weighted by Crippen LogP contribution is 2.32. The van der Waals surface area contributed by atoms with Gasteiger partial charge in [-0.2, -0.15) is 13.2 Å². The fourth-order valence-electron chi connectivity index (χ4n) is 0.719. The highest BCUT2D eigenvalue weighted by molar-refractivity contribution is 6.30. The molecule has 1 aromatic carbocycles. The molecule has 0 N–H and O–H groups in total. The Labute approximate surface area is 70.8 Å². The van der Waals surface area contributed by atoms with Gasteiger partial charge >= 0.3 is 6.18 Å². The summed E-state index contributed by atoms with van der Waals surface area (Å²) in [5.41, 5.74) is -1.30. The van der Waals surface area contributed by atoms with Crippen LogP contribution in [0.5, 0.6) is 0 Å². The molecule has 0 aliphatic heterocycles. The summed E-state index contributed by atoms with van der Waals surface area (Å²) in [7, 11) is 0. The maximum absolute atomic E-state index is 12.5. The molecule has 0 unspecified atom stereocenters. The van der Waals surface area contributed by atoms with Crippen molar-refractivity contribution in [3.63, 3.8) is 0 Å². The van der Waals surface area contributed by atoms with Gasteiger partial charge in [0.25, 0.3) is 0 Å². The second-order valence-corrected chi connectivity index (χ2v) is 2.56. The molecule has 0 atom stereocenters. The Bertz CT molecular complexity index is 292. The van der Waals surface area contributed by atoms with Gasteiger partial charge in [-0.25, -0.2) is 4.39 Å². The Balaban J connectivity index is 3.19. The molecule has 0 radical (unpaired) electrons. The van der Waals surface area contributed by atoms with Crippen LogP contribution < -0.4 is 0 Å². The van der Waals surface area contributed by atoms with Gasteiger partial charge < -0.3 is 0 Å². The number of hydrogen-bond donors (Lipinski definition) is 0. The molecule has 0 aliphatic carbocycles. The van der Waals surface area contributed by atoms with Crippen LogP contribution in [0, 0.1) is 5.82 Å². The minimum absolute atomic E-state index is 0.0551. The van der Waals surface area contributed by atoms with E-state index in [4.69, 9.17) is 11.6 Å². The minimum Gasteiger partial charge on any atom is -0.206 e. The molecule has 0 aliphatic rings. The SMILES string of the molecule is Fc1cc(Cl)ccc1C(F)(F)F. The Morgan fingerprint density at radius 1 is 1.17 bits per heavy atom. The lowest BCUT2D eigenvalue weighted by Crippen LogP contribution is -2.07. The Morgan fingerprint density at radius 3 is 2.17 bits per heavy atom. The zero-order chi connectivity index (χ0) is 9.35. The number of benzene rings is 1. The number of rotatable bonds is 0. The van der Waals surface area contributed by atoms with Gasteiger partial charge in [0.05, 0.1) is 5.56 Å². The lowest BCUT2D eigenvalue weighted by atomic mass is 10.2. The molecule has 12 heavy (non-hydrogen) atoms. The van der Waals surface area contributed by atoms with E-state index in [2.05, 4.69) is 0 Å². The lowest BCUT2D eigenvalue weighted by Gasteiger charge is -2.06. The van der Waals surface area contributed by atoms with Gasteiger partial charge in [-0.3, -0.25) is 0 Å². The largest absolute Gasteiger partial charge is 0.419 e. The maximum Gasteiger partial charge on any atom is 0.419 e. The molecule has 0 heterocycles. The van der Waals surface area contributed by atoms with Gasteiger partial charge in [0, 0.05) is 5.02 Å². The standard InChI is InChI=1S/C7H3ClF4/c8-4-1-2-5(6(9)3-4)7(10,11)12/h1-3H. The van der Waals surface area contributed by atoms with Crippen molar-refractivity contribution in [1.29, 1.82) is 0 Å². The van der Waals surface area contributed by atoms with Crippen molar-refractivity contribution in [2.75, 3.05) is 0 Å². The molecule has 0 fully saturated rings. The van der Waals surface area contributed by atoms with Crippen LogP contribution in [-0.4, -0.2) is 0 Å². The van der Waals surface area contributed by atoms with Crippen molar-refractivity contribution in [3.05, 3.63) is 34.6 Å². The second-order valence-electron chi connectivity index (χ2n) is 2.12. The van der Waals surface area contributed by atoms with E-state index >= 15 is 0 Å². The normalized spacial score (nSPS) is 11.8. The van der Waals surface area contributed by atoms with Crippen molar-refractivity contribution in [2.45, 2.75) is 6.18 Å². The van der Waals surface area contributed by atoms with Gasteiger partial charge in [-0.05, 0) is 18.2 Å². The first-order chi connectivity index (χ1) is 5.41. The highest BCUT2D eigenvalue weighted by Gasteiger charge is 2.33. The van der Waals surface area contributed by atoms with Crippen LogP contribution >= 0.6 is 11.6 Å². The monoisotopic (exact) mass is 198 g/mol. The summed E-state index contributed by atoms with van der Waals surface area (Å²) < 4.78 is 48.2. The molecule has 0 nitrogen and oxygen atoms in total. The summed E-state index contributed by atoms with van der Waals surface area (Å²) in [6.07, 6.45) is -4.66. The van der Waals surface area contributed by atoms with E-state index in [1.165, 1.54) is 0 Å². The van der Waals surface area contributed by atoms with E-state index in [0.717, 1.165) is 6.07 Å². The van der Waals surface area contributed by atoms with Crippen LogP contribution in [0.3, 0.4) is 0 Å². The molecule has 66 valence electrons. The number of alkyl halides is 3. The third-order valence-electron chi connectivity index (χ3n) is 1.24. The third kappa shape index (κ3) is 1.88. The van der Waals surface area contributed by atoms with Gasteiger partial charge in [-0.1, -0.05) is 11.6 Å². The van der Waals surface area contributed by atoms with E-state index < -0.39 is 17.6 Å². The van der Waals surface area contributed by atoms with Crippen molar-refractivity contribution in [2.24, 2.45) is 0 Å². The second kappa shape index (κ2) is 2.94.